The van der Waals surface area contributed by atoms with Crippen LogP contribution in [0.1, 0.15) is 23.1 Å². The van der Waals surface area contributed by atoms with E-state index in [-0.39, 0.29) is 47.9 Å². The molecule has 0 radical (unpaired) electrons. The number of nitrogens with zero attached hydrogens (tertiary/aromatic N) is 1. The quantitative estimate of drug-likeness (QED) is 0.283. The van der Waals surface area contributed by atoms with Crippen LogP contribution >= 0.6 is 24.0 Å². The second-order valence-electron chi connectivity index (χ2n) is 7.09. The predicted octanol–water partition coefficient (Wildman–Crippen LogP) is 4.39. The Hall–Kier alpha value is -2.21. The number of rotatable bonds is 8. The minimum atomic E-state index is -3.04. The number of ether oxygens (including phenoxy) is 3. The number of guanidine groups is 1. The van der Waals surface area contributed by atoms with Gasteiger partial charge in [0.2, 0.25) is 0 Å². The van der Waals surface area contributed by atoms with E-state index >= 15 is 0 Å². The van der Waals surface area contributed by atoms with E-state index in [1.165, 1.54) is 18.2 Å². The first-order valence-electron chi connectivity index (χ1n) is 9.97. The number of alkyl halides is 2. The standard InChI is InChI=1S/C22H26F3N3O3.HI/c1-14-6-7-15(20(10-14)30-16-8-9-29-13-16)11-27-22(26-2)28-12-17-18(23)4-3-5-19(17)31-21(24)25;/h3-7,10,16,21H,8-9,11-13H2,1-2H3,(H2,26,27,28);1H. The molecule has 32 heavy (non-hydrogen) atoms. The molecule has 6 nitrogen and oxygen atoms in total. The molecule has 10 heteroatoms. The summed E-state index contributed by atoms with van der Waals surface area (Å²) in [5, 5.41) is 6.06. The van der Waals surface area contributed by atoms with Crippen LogP contribution in [0.15, 0.2) is 41.4 Å². The molecular weight excluding hydrogens is 538 g/mol. The molecule has 0 aromatic heterocycles. The molecule has 0 amide bonds. The average Bonchev–Trinajstić information content (AvgIpc) is 3.23. The summed E-state index contributed by atoms with van der Waals surface area (Å²) >= 11 is 0. The molecule has 1 saturated heterocycles. The van der Waals surface area contributed by atoms with Crippen molar-refractivity contribution < 1.29 is 27.4 Å². The highest BCUT2D eigenvalue weighted by molar-refractivity contribution is 14.0. The highest BCUT2D eigenvalue weighted by atomic mass is 127. The zero-order valence-corrected chi connectivity index (χ0v) is 20.2. The molecule has 1 atom stereocenters. The van der Waals surface area contributed by atoms with Crippen molar-refractivity contribution in [2.24, 2.45) is 4.99 Å². The summed E-state index contributed by atoms with van der Waals surface area (Å²) in [6.07, 6.45) is 0.864. The van der Waals surface area contributed by atoms with E-state index < -0.39 is 12.4 Å². The van der Waals surface area contributed by atoms with E-state index in [4.69, 9.17) is 9.47 Å². The lowest BCUT2D eigenvalue weighted by Crippen LogP contribution is -2.36. The maximum absolute atomic E-state index is 14.1. The number of nitrogens with one attached hydrogen (secondary N) is 2. The van der Waals surface area contributed by atoms with Crippen molar-refractivity contribution in [2.75, 3.05) is 20.3 Å². The lowest BCUT2D eigenvalue weighted by Gasteiger charge is -2.18. The molecule has 0 aliphatic carbocycles. The molecule has 2 aromatic carbocycles. The van der Waals surface area contributed by atoms with E-state index in [1.54, 1.807) is 7.05 Å². The molecule has 176 valence electrons. The largest absolute Gasteiger partial charge is 0.488 e. The second kappa shape index (κ2) is 12.7. The third-order valence-electron chi connectivity index (χ3n) is 4.80. The van der Waals surface area contributed by atoms with Crippen molar-refractivity contribution in [2.45, 2.75) is 39.1 Å². The van der Waals surface area contributed by atoms with Crippen molar-refractivity contribution in [3.63, 3.8) is 0 Å². The third kappa shape index (κ3) is 7.44. The van der Waals surface area contributed by atoms with Gasteiger partial charge in [0.05, 0.1) is 13.2 Å². The molecule has 1 unspecified atom stereocenters. The molecule has 1 aliphatic heterocycles. The van der Waals surface area contributed by atoms with E-state index in [0.717, 1.165) is 23.3 Å². The van der Waals surface area contributed by atoms with Gasteiger partial charge in [-0.15, -0.1) is 24.0 Å². The van der Waals surface area contributed by atoms with Crippen molar-refractivity contribution in [3.05, 3.63) is 58.9 Å². The van der Waals surface area contributed by atoms with Gasteiger partial charge in [-0.2, -0.15) is 8.78 Å². The van der Waals surface area contributed by atoms with Crippen LogP contribution in [0.2, 0.25) is 0 Å². The third-order valence-corrected chi connectivity index (χ3v) is 4.80. The number of halogens is 4. The van der Waals surface area contributed by atoms with Crippen LogP contribution in [0.5, 0.6) is 11.5 Å². The first-order chi connectivity index (χ1) is 15.0. The maximum Gasteiger partial charge on any atom is 0.387 e. The molecule has 1 aliphatic rings. The Morgan fingerprint density at radius 1 is 1.19 bits per heavy atom. The van der Waals surface area contributed by atoms with Crippen LogP contribution in [0.25, 0.3) is 0 Å². The second-order valence-corrected chi connectivity index (χ2v) is 7.09. The molecule has 1 heterocycles. The fourth-order valence-electron chi connectivity index (χ4n) is 3.19. The normalized spacial score (nSPS) is 15.9. The summed E-state index contributed by atoms with van der Waals surface area (Å²) in [6.45, 7) is 0.529. The molecular formula is C22H27F3IN3O3. The van der Waals surface area contributed by atoms with Gasteiger partial charge in [-0.05, 0) is 30.7 Å². The van der Waals surface area contributed by atoms with Gasteiger partial charge in [0, 0.05) is 37.7 Å². The van der Waals surface area contributed by atoms with Gasteiger partial charge in [-0.3, -0.25) is 4.99 Å². The van der Waals surface area contributed by atoms with Gasteiger partial charge in [-0.25, -0.2) is 4.39 Å². The van der Waals surface area contributed by atoms with E-state index in [0.29, 0.717) is 25.7 Å². The smallest absolute Gasteiger partial charge is 0.387 e. The van der Waals surface area contributed by atoms with Gasteiger partial charge in [0.15, 0.2) is 5.96 Å². The van der Waals surface area contributed by atoms with Crippen LogP contribution in [-0.2, 0) is 17.8 Å². The Balaban J connectivity index is 0.00000363. The highest BCUT2D eigenvalue weighted by Gasteiger charge is 2.19. The Morgan fingerprint density at radius 3 is 2.66 bits per heavy atom. The van der Waals surface area contributed by atoms with Crippen LogP contribution in [0.4, 0.5) is 13.2 Å². The molecule has 0 bridgehead atoms. The number of benzene rings is 2. The SMILES string of the molecule is CN=C(NCc1ccc(C)cc1OC1CCOC1)NCc1c(F)cccc1OC(F)F.I. The Morgan fingerprint density at radius 2 is 1.97 bits per heavy atom. The van der Waals surface area contributed by atoms with Gasteiger partial charge in [-0.1, -0.05) is 18.2 Å². The molecule has 2 N–H and O–H groups in total. The average molecular weight is 565 g/mol. The van der Waals surface area contributed by atoms with Gasteiger partial charge < -0.3 is 24.8 Å². The fourth-order valence-corrected chi connectivity index (χ4v) is 3.19. The van der Waals surface area contributed by atoms with Gasteiger partial charge in [0.25, 0.3) is 0 Å². The van der Waals surface area contributed by atoms with Crippen molar-refractivity contribution in [1.82, 2.24) is 10.6 Å². The highest BCUT2D eigenvalue weighted by Crippen LogP contribution is 2.25. The number of hydrogen-bond acceptors (Lipinski definition) is 4. The van der Waals surface area contributed by atoms with Crippen LogP contribution in [0.3, 0.4) is 0 Å². The van der Waals surface area contributed by atoms with Crippen molar-refractivity contribution in [3.8, 4) is 11.5 Å². The van der Waals surface area contributed by atoms with Crippen molar-refractivity contribution in [1.29, 1.82) is 0 Å². The van der Waals surface area contributed by atoms with E-state index in [2.05, 4.69) is 20.4 Å². The Kier molecular flexibility index (Phi) is 10.4. The Bertz CT molecular complexity index is 909. The molecule has 0 spiro atoms. The fraction of sp³-hybridized carbons (Fsp3) is 0.409. The number of aliphatic imine (C=N–C) groups is 1. The first-order valence-corrected chi connectivity index (χ1v) is 9.97. The summed E-state index contributed by atoms with van der Waals surface area (Å²) in [5.74, 6) is 0.280. The number of hydrogen-bond donors (Lipinski definition) is 2. The topological polar surface area (TPSA) is 64.1 Å². The van der Waals surface area contributed by atoms with Crippen molar-refractivity contribution >= 4 is 29.9 Å². The summed E-state index contributed by atoms with van der Waals surface area (Å²) in [5.41, 5.74) is 1.99. The lowest BCUT2D eigenvalue weighted by atomic mass is 10.1. The minimum Gasteiger partial charge on any atom is -0.488 e. The van der Waals surface area contributed by atoms with Crippen LogP contribution in [0, 0.1) is 12.7 Å². The zero-order valence-electron chi connectivity index (χ0n) is 17.9. The summed E-state index contributed by atoms with van der Waals surface area (Å²) in [6, 6.07) is 9.72. The maximum atomic E-state index is 14.1. The number of aryl methyl sites for hydroxylation is 1. The van der Waals surface area contributed by atoms with Crippen LogP contribution < -0.4 is 20.1 Å². The summed E-state index contributed by atoms with van der Waals surface area (Å²) in [7, 11) is 1.57. The molecule has 0 saturated carbocycles. The van der Waals surface area contributed by atoms with E-state index in [1.807, 2.05) is 25.1 Å². The minimum absolute atomic E-state index is 0. The summed E-state index contributed by atoms with van der Waals surface area (Å²) in [4.78, 5) is 4.11. The zero-order chi connectivity index (χ0) is 22.2. The molecule has 1 fully saturated rings. The Labute approximate surface area is 202 Å². The lowest BCUT2D eigenvalue weighted by molar-refractivity contribution is -0.0506. The first kappa shape index (κ1) is 26.0. The van der Waals surface area contributed by atoms with E-state index in [9.17, 15) is 13.2 Å². The molecule has 2 aromatic rings. The van der Waals surface area contributed by atoms with Gasteiger partial charge in [0.1, 0.15) is 23.4 Å². The van der Waals surface area contributed by atoms with Gasteiger partial charge >= 0.3 is 6.61 Å². The summed E-state index contributed by atoms with van der Waals surface area (Å²) < 4.78 is 55.2. The molecule has 3 rings (SSSR count). The monoisotopic (exact) mass is 565 g/mol. The van der Waals surface area contributed by atoms with Crippen LogP contribution in [-0.4, -0.2) is 38.9 Å². The predicted molar refractivity (Wildman–Crippen MR) is 127 cm³/mol.